The Balaban J connectivity index is 2.06. The summed E-state index contributed by atoms with van der Waals surface area (Å²) in [5.74, 6) is 0.168. The Morgan fingerprint density at radius 3 is 3.07 bits per heavy atom. The normalized spacial score (nSPS) is 20.5. The number of carbonyl (C=O) groups is 1. The lowest BCUT2D eigenvalue weighted by atomic mass is 10.2. The molecule has 1 aromatic heterocycles. The van der Waals surface area contributed by atoms with Crippen LogP contribution < -0.4 is 10.2 Å². The van der Waals surface area contributed by atoms with Crippen LogP contribution in [-0.4, -0.2) is 25.5 Å². The highest BCUT2D eigenvalue weighted by molar-refractivity contribution is 9.10. The number of hydrogen-bond acceptors (Lipinski definition) is 3. The van der Waals surface area contributed by atoms with Crippen molar-refractivity contribution in [2.24, 2.45) is 0 Å². The van der Waals surface area contributed by atoms with Gasteiger partial charge in [0.25, 0.3) is 0 Å². The topological polar surface area (TPSA) is 32.3 Å². The van der Waals surface area contributed by atoms with Crippen LogP contribution >= 0.6 is 27.3 Å². The number of thiophene rings is 1. The third-order valence-corrected chi connectivity index (χ3v) is 4.34. The van der Waals surface area contributed by atoms with E-state index in [1.54, 1.807) is 16.2 Å². The van der Waals surface area contributed by atoms with Crippen molar-refractivity contribution < 1.29 is 4.79 Å². The average Bonchev–Trinajstić information content (AvgIpc) is 2.85. The fraction of sp³-hybridized carbons (Fsp3) is 0.500. The van der Waals surface area contributed by atoms with Gasteiger partial charge in [-0.1, -0.05) is 0 Å². The molecule has 0 saturated carbocycles. The van der Waals surface area contributed by atoms with Crippen LogP contribution in [0.25, 0.3) is 0 Å². The van der Waals surface area contributed by atoms with Crippen molar-refractivity contribution in [3.8, 4) is 0 Å². The number of rotatable bonds is 2. The molecule has 0 spiro atoms. The maximum Gasteiger partial charge on any atom is 0.244 e. The van der Waals surface area contributed by atoms with Gasteiger partial charge in [-0.05, 0) is 41.4 Å². The molecule has 1 aliphatic heterocycles. The van der Waals surface area contributed by atoms with Gasteiger partial charge in [-0.15, -0.1) is 11.3 Å². The van der Waals surface area contributed by atoms with Gasteiger partial charge >= 0.3 is 0 Å². The van der Waals surface area contributed by atoms with Crippen LogP contribution in [0.1, 0.15) is 12.8 Å². The van der Waals surface area contributed by atoms with E-state index in [4.69, 9.17) is 0 Å². The third kappa shape index (κ3) is 2.41. The molecule has 2 heterocycles. The van der Waals surface area contributed by atoms with E-state index >= 15 is 0 Å². The zero-order valence-electron chi connectivity index (χ0n) is 8.50. The average molecular weight is 289 g/mol. The molecule has 0 bridgehead atoms. The van der Waals surface area contributed by atoms with E-state index in [-0.39, 0.29) is 11.9 Å². The molecule has 1 aliphatic rings. The summed E-state index contributed by atoms with van der Waals surface area (Å²) in [6.45, 7) is 0.957. The number of nitrogens with one attached hydrogen (secondary N) is 1. The monoisotopic (exact) mass is 288 g/mol. The van der Waals surface area contributed by atoms with Crippen molar-refractivity contribution in [2.75, 3.05) is 18.5 Å². The van der Waals surface area contributed by atoms with Crippen molar-refractivity contribution in [1.29, 1.82) is 0 Å². The predicted octanol–water partition coefficient (Wildman–Crippen LogP) is 2.23. The largest absolute Gasteiger partial charge is 0.306 e. The highest BCUT2D eigenvalue weighted by Crippen LogP contribution is 2.28. The number of nitrogens with zero attached hydrogens (tertiary/aromatic N) is 1. The minimum Gasteiger partial charge on any atom is -0.306 e. The molecule has 3 nitrogen and oxygen atoms in total. The van der Waals surface area contributed by atoms with Gasteiger partial charge in [-0.2, -0.15) is 0 Å². The lowest BCUT2D eigenvalue weighted by molar-refractivity contribution is -0.119. The van der Waals surface area contributed by atoms with Crippen molar-refractivity contribution in [1.82, 2.24) is 5.32 Å². The Labute approximate surface area is 102 Å². The first kappa shape index (κ1) is 11.1. The standard InChI is InChI=1S/C10H13BrN2OS/c1-13(9-5-7(11)6-15-9)10(14)8-3-2-4-12-8/h5-6,8,12H,2-4H2,1H3. The molecule has 82 valence electrons. The molecule has 1 unspecified atom stereocenters. The zero-order valence-corrected chi connectivity index (χ0v) is 10.9. The van der Waals surface area contributed by atoms with Crippen LogP contribution in [0.4, 0.5) is 5.00 Å². The van der Waals surface area contributed by atoms with Crippen molar-refractivity contribution >= 4 is 38.2 Å². The first-order valence-electron chi connectivity index (χ1n) is 4.93. The fourth-order valence-corrected chi connectivity index (χ4v) is 3.11. The summed E-state index contributed by atoms with van der Waals surface area (Å²) in [5.41, 5.74) is 0. The Bertz CT molecular complexity index is 360. The van der Waals surface area contributed by atoms with Gasteiger partial charge in [-0.25, -0.2) is 0 Å². The van der Waals surface area contributed by atoms with Gasteiger partial charge in [-0.3, -0.25) is 4.79 Å². The van der Waals surface area contributed by atoms with Crippen LogP contribution in [-0.2, 0) is 4.79 Å². The summed E-state index contributed by atoms with van der Waals surface area (Å²) in [6.07, 6.45) is 2.05. The molecule has 1 aromatic rings. The van der Waals surface area contributed by atoms with E-state index in [1.165, 1.54) is 0 Å². The number of carbonyl (C=O) groups excluding carboxylic acids is 1. The smallest absolute Gasteiger partial charge is 0.244 e. The van der Waals surface area contributed by atoms with Gasteiger partial charge in [0, 0.05) is 16.9 Å². The number of likely N-dealkylation sites (N-methyl/N-ethyl adjacent to an activating group) is 1. The molecule has 1 atom stereocenters. The van der Waals surface area contributed by atoms with E-state index in [1.807, 2.05) is 18.5 Å². The van der Waals surface area contributed by atoms with Crippen molar-refractivity contribution in [3.63, 3.8) is 0 Å². The van der Waals surface area contributed by atoms with Crippen LogP contribution in [0, 0.1) is 0 Å². The quantitative estimate of drug-likeness (QED) is 0.905. The molecule has 0 aliphatic carbocycles. The third-order valence-electron chi connectivity index (χ3n) is 2.57. The second-order valence-electron chi connectivity index (χ2n) is 3.65. The maximum atomic E-state index is 12.0. The summed E-state index contributed by atoms with van der Waals surface area (Å²) >= 11 is 4.97. The molecule has 1 saturated heterocycles. The van der Waals surface area contributed by atoms with Gasteiger partial charge in [0.1, 0.15) is 0 Å². The SMILES string of the molecule is CN(C(=O)C1CCCN1)c1cc(Br)cs1. The van der Waals surface area contributed by atoms with Crippen LogP contribution in [0.15, 0.2) is 15.9 Å². The van der Waals surface area contributed by atoms with Crippen molar-refractivity contribution in [2.45, 2.75) is 18.9 Å². The highest BCUT2D eigenvalue weighted by atomic mass is 79.9. The lowest BCUT2D eigenvalue weighted by Crippen LogP contribution is -2.41. The van der Waals surface area contributed by atoms with Crippen LogP contribution in [0.5, 0.6) is 0 Å². The van der Waals surface area contributed by atoms with E-state index in [0.29, 0.717) is 0 Å². The number of hydrogen-bond donors (Lipinski definition) is 1. The van der Waals surface area contributed by atoms with Gasteiger partial charge in [0.05, 0.1) is 11.0 Å². The number of amides is 1. The minimum atomic E-state index is 0.0101. The minimum absolute atomic E-state index is 0.0101. The van der Waals surface area contributed by atoms with E-state index < -0.39 is 0 Å². The van der Waals surface area contributed by atoms with Crippen LogP contribution in [0.3, 0.4) is 0 Å². The molecule has 15 heavy (non-hydrogen) atoms. The Kier molecular flexibility index (Phi) is 3.43. The predicted molar refractivity (Wildman–Crippen MR) is 66.5 cm³/mol. The Hall–Kier alpha value is -0.390. The van der Waals surface area contributed by atoms with E-state index in [9.17, 15) is 4.79 Å². The molecule has 0 radical (unpaired) electrons. The summed E-state index contributed by atoms with van der Waals surface area (Å²) in [7, 11) is 1.83. The molecular weight excluding hydrogens is 276 g/mol. The van der Waals surface area contributed by atoms with Gasteiger partial charge in [0.15, 0.2) is 0 Å². The zero-order chi connectivity index (χ0) is 10.8. The van der Waals surface area contributed by atoms with Gasteiger partial charge < -0.3 is 10.2 Å². The molecule has 1 fully saturated rings. The molecule has 2 rings (SSSR count). The Morgan fingerprint density at radius 1 is 1.73 bits per heavy atom. The molecule has 5 heteroatoms. The van der Waals surface area contributed by atoms with Crippen molar-refractivity contribution in [3.05, 3.63) is 15.9 Å². The molecule has 1 amide bonds. The van der Waals surface area contributed by atoms with E-state index in [2.05, 4.69) is 21.2 Å². The molecule has 0 aromatic carbocycles. The second-order valence-corrected chi connectivity index (χ2v) is 5.45. The van der Waals surface area contributed by atoms with E-state index in [0.717, 1.165) is 28.9 Å². The first-order valence-corrected chi connectivity index (χ1v) is 6.61. The number of halogens is 1. The fourth-order valence-electron chi connectivity index (χ4n) is 1.72. The molecular formula is C10H13BrN2OS. The highest BCUT2D eigenvalue weighted by Gasteiger charge is 2.26. The summed E-state index contributed by atoms with van der Waals surface area (Å²) in [5, 5.41) is 6.19. The second kappa shape index (κ2) is 4.63. The summed E-state index contributed by atoms with van der Waals surface area (Å²) in [6, 6.07) is 1.98. The van der Waals surface area contributed by atoms with Gasteiger partial charge in [0.2, 0.25) is 5.91 Å². The number of anilines is 1. The first-order chi connectivity index (χ1) is 7.18. The van der Waals surface area contributed by atoms with Crippen LogP contribution in [0.2, 0.25) is 0 Å². The summed E-state index contributed by atoms with van der Waals surface area (Å²) in [4.78, 5) is 13.7. The maximum absolute atomic E-state index is 12.0. The molecule has 1 N–H and O–H groups in total. The Morgan fingerprint density at radius 2 is 2.53 bits per heavy atom. The summed E-state index contributed by atoms with van der Waals surface area (Å²) < 4.78 is 1.03. The lowest BCUT2D eigenvalue weighted by Gasteiger charge is -2.19.